The van der Waals surface area contributed by atoms with Gasteiger partial charge in [0.2, 0.25) is 16.2 Å². The predicted octanol–water partition coefficient (Wildman–Crippen LogP) is 1.79. The van der Waals surface area contributed by atoms with Gasteiger partial charge in [-0.25, -0.2) is 4.79 Å². The smallest absolute Gasteiger partial charge is 0.324 e. The summed E-state index contributed by atoms with van der Waals surface area (Å²) in [7, 11) is 0. The number of urea groups is 1. The van der Waals surface area contributed by atoms with Crippen LogP contribution in [0.25, 0.3) is 0 Å². The molecule has 7 nitrogen and oxygen atoms in total. The van der Waals surface area contributed by atoms with Crippen LogP contribution in [-0.2, 0) is 10.5 Å². The number of thioether (sulfide) groups is 1. The number of hydrogen-bond acceptors (Lipinski definition) is 6. The Kier molecular flexibility index (Phi) is 5.09. The molecule has 0 radical (unpaired) electrons. The number of piperazine rings is 1. The first-order valence-corrected chi connectivity index (χ1v) is 8.79. The molecule has 2 aromatic rings. The number of benzene rings is 1. The Morgan fingerprint density at radius 1 is 1.39 bits per heavy atom. The van der Waals surface area contributed by atoms with E-state index in [1.165, 1.54) is 22.2 Å². The minimum atomic E-state index is -0.324. The SMILES string of the molecule is O=C1CN(C(=O)Nc2nc(SCc3ccccc3)ns2)CCN1. The summed E-state index contributed by atoms with van der Waals surface area (Å²) in [5, 5.41) is 6.44. The summed E-state index contributed by atoms with van der Waals surface area (Å²) in [5.41, 5.74) is 1.19. The summed E-state index contributed by atoms with van der Waals surface area (Å²) >= 11 is 2.65. The van der Waals surface area contributed by atoms with E-state index in [-0.39, 0.29) is 18.5 Å². The molecule has 1 saturated heterocycles. The molecule has 23 heavy (non-hydrogen) atoms. The van der Waals surface area contributed by atoms with Crippen LogP contribution in [0.1, 0.15) is 5.56 Å². The zero-order valence-electron chi connectivity index (χ0n) is 12.2. The van der Waals surface area contributed by atoms with Crippen molar-refractivity contribution in [1.29, 1.82) is 0 Å². The fourth-order valence-corrected chi connectivity index (χ4v) is 3.51. The Bertz CT molecular complexity index is 691. The highest BCUT2D eigenvalue weighted by Gasteiger charge is 2.22. The second-order valence-corrected chi connectivity index (χ2v) is 6.55. The molecular formula is C14H15N5O2S2. The van der Waals surface area contributed by atoms with Gasteiger partial charge in [0.1, 0.15) is 6.54 Å². The average Bonchev–Trinajstić information content (AvgIpc) is 3.01. The van der Waals surface area contributed by atoms with E-state index in [9.17, 15) is 9.59 Å². The number of amides is 3. The maximum atomic E-state index is 12.1. The van der Waals surface area contributed by atoms with Gasteiger partial charge in [0.15, 0.2) is 0 Å². The third kappa shape index (κ3) is 4.42. The zero-order valence-corrected chi connectivity index (χ0v) is 13.8. The largest absolute Gasteiger partial charge is 0.353 e. The van der Waals surface area contributed by atoms with E-state index in [4.69, 9.17) is 0 Å². The summed E-state index contributed by atoms with van der Waals surface area (Å²) in [6.07, 6.45) is 0. The van der Waals surface area contributed by atoms with Gasteiger partial charge in [-0.3, -0.25) is 10.1 Å². The lowest BCUT2D eigenvalue weighted by molar-refractivity contribution is -0.123. The van der Waals surface area contributed by atoms with Gasteiger partial charge < -0.3 is 10.2 Å². The van der Waals surface area contributed by atoms with Crippen molar-refractivity contribution in [3.05, 3.63) is 35.9 Å². The quantitative estimate of drug-likeness (QED) is 0.822. The summed E-state index contributed by atoms with van der Waals surface area (Å²) in [5.74, 6) is 0.625. The first-order chi connectivity index (χ1) is 11.2. The van der Waals surface area contributed by atoms with Crippen molar-refractivity contribution >= 4 is 40.4 Å². The van der Waals surface area contributed by atoms with Crippen molar-refractivity contribution in [2.45, 2.75) is 10.9 Å². The number of rotatable bonds is 4. The Hall–Kier alpha value is -2.13. The van der Waals surface area contributed by atoms with Gasteiger partial charge in [0.25, 0.3) is 0 Å². The first-order valence-electron chi connectivity index (χ1n) is 7.04. The molecule has 0 unspecified atom stereocenters. The minimum absolute atomic E-state index is 0.0697. The van der Waals surface area contributed by atoms with Crippen LogP contribution < -0.4 is 10.6 Å². The second-order valence-electron chi connectivity index (χ2n) is 4.86. The van der Waals surface area contributed by atoms with E-state index in [1.807, 2.05) is 30.3 Å². The highest BCUT2D eigenvalue weighted by molar-refractivity contribution is 7.98. The van der Waals surface area contributed by atoms with Crippen LogP contribution in [0.15, 0.2) is 35.5 Å². The van der Waals surface area contributed by atoms with Crippen molar-refractivity contribution in [2.24, 2.45) is 0 Å². The fraction of sp³-hybridized carbons (Fsp3) is 0.286. The van der Waals surface area contributed by atoms with Crippen LogP contribution >= 0.6 is 23.3 Å². The third-order valence-corrected chi connectivity index (χ3v) is 4.82. The number of aromatic nitrogens is 2. The van der Waals surface area contributed by atoms with Gasteiger partial charge in [-0.15, -0.1) is 0 Å². The standard InChI is InChI=1S/C14H15N5O2S2/c20-11-8-19(7-6-15-11)14(21)17-12-16-13(18-23-12)22-9-10-4-2-1-3-5-10/h1-5H,6-9H2,(H,15,20)(H,16,17,18,21). The molecule has 1 aromatic carbocycles. The monoisotopic (exact) mass is 349 g/mol. The summed E-state index contributed by atoms with van der Waals surface area (Å²) in [6.45, 7) is 1.03. The maximum absolute atomic E-state index is 12.1. The van der Waals surface area contributed by atoms with E-state index in [0.29, 0.717) is 23.4 Å². The third-order valence-electron chi connectivity index (χ3n) is 3.16. The van der Waals surface area contributed by atoms with Gasteiger partial charge in [-0.1, -0.05) is 42.1 Å². The van der Waals surface area contributed by atoms with Crippen molar-refractivity contribution in [1.82, 2.24) is 19.6 Å². The normalized spacial score (nSPS) is 14.4. The molecule has 3 amide bonds. The van der Waals surface area contributed by atoms with Crippen LogP contribution in [0, 0.1) is 0 Å². The van der Waals surface area contributed by atoms with Gasteiger partial charge in [0.05, 0.1) is 0 Å². The Morgan fingerprint density at radius 3 is 3.00 bits per heavy atom. The van der Waals surface area contributed by atoms with Crippen LogP contribution in [0.3, 0.4) is 0 Å². The van der Waals surface area contributed by atoms with Crippen LogP contribution in [0.4, 0.5) is 9.93 Å². The van der Waals surface area contributed by atoms with Gasteiger partial charge in [-0.05, 0) is 5.56 Å². The van der Waals surface area contributed by atoms with E-state index in [0.717, 1.165) is 17.3 Å². The van der Waals surface area contributed by atoms with E-state index >= 15 is 0 Å². The van der Waals surface area contributed by atoms with Crippen molar-refractivity contribution in [2.75, 3.05) is 25.0 Å². The van der Waals surface area contributed by atoms with Crippen LogP contribution in [0.5, 0.6) is 0 Å². The Labute approximate surface area is 141 Å². The molecule has 2 N–H and O–H groups in total. The highest BCUT2D eigenvalue weighted by Crippen LogP contribution is 2.23. The van der Waals surface area contributed by atoms with Gasteiger partial charge in [-0.2, -0.15) is 9.36 Å². The van der Waals surface area contributed by atoms with E-state index < -0.39 is 0 Å². The van der Waals surface area contributed by atoms with Gasteiger partial charge in [0, 0.05) is 30.4 Å². The number of anilines is 1. The maximum Gasteiger partial charge on any atom is 0.324 e. The van der Waals surface area contributed by atoms with Gasteiger partial charge >= 0.3 is 6.03 Å². The first kappa shape index (κ1) is 15.8. The Balaban J connectivity index is 1.52. The number of hydrogen-bond donors (Lipinski definition) is 2. The lowest BCUT2D eigenvalue weighted by Crippen LogP contribution is -2.51. The van der Waals surface area contributed by atoms with Crippen molar-refractivity contribution in [3.8, 4) is 0 Å². The molecule has 2 heterocycles. The fourth-order valence-electron chi connectivity index (χ4n) is 2.02. The average molecular weight is 349 g/mol. The molecule has 0 aliphatic carbocycles. The van der Waals surface area contributed by atoms with Crippen LogP contribution in [-0.4, -0.2) is 45.8 Å². The molecule has 0 bridgehead atoms. The summed E-state index contributed by atoms with van der Waals surface area (Å²) in [6, 6.07) is 9.72. The highest BCUT2D eigenvalue weighted by atomic mass is 32.2. The molecule has 120 valence electrons. The minimum Gasteiger partial charge on any atom is -0.353 e. The number of carbonyl (C=O) groups excluding carboxylic acids is 2. The number of carbonyl (C=O) groups is 2. The second kappa shape index (κ2) is 7.42. The lowest BCUT2D eigenvalue weighted by Gasteiger charge is -2.26. The molecule has 1 fully saturated rings. The summed E-state index contributed by atoms with van der Waals surface area (Å²) in [4.78, 5) is 29.1. The summed E-state index contributed by atoms with van der Waals surface area (Å²) < 4.78 is 4.23. The molecule has 3 rings (SSSR count). The topological polar surface area (TPSA) is 87.2 Å². The lowest BCUT2D eigenvalue weighted by atomic mass is 10.2. The van der Waals surface area contributed by atoms with Crippen molar-refractivity contribution < 1.29 is 9.59 Å². The molecule has 1 aromatic heterocycles. The molecule has 1 aliphatic rings. The molecule has 9 heteroatoms. The molecule has 0 atom stereocenters. The predicted molar refractivity (Wildman–Crippen MR) is 89.5 cm³/mol. The van der Waals surface area contributed by atoms with Crippen molar-refractivity contribution in [3.63, 3.8) is 0 Å². The molecular weight excluding hydrogens is 334 g/mol. The Morgan fingerprint density at radius 2 is 2.22 bits per heavy atom. The molecule has 0 spiro atoms. The van der Waals surface area contributed by atoms with E-state index in [1.54, 1.807) is 0 Å². The number of nitrogens with zero attached hydrogens (tertiary/aromatic N) is 3. The van der Waals surface area contributed by atoms with E-state index in [2.05, 4.69) is 20.0 Å². The zero-order chi connectivity index (χ0) is 16.1. The number of nitrogens with one attached hydrogen (secondary N) is 2. The molecule has 1 aliphatic heterocycles. The molecule has 0 saturated carbocycles. The van der Waals surface area contributed by atoms with Crippen LogP contribution in [0.2, 0.25) is 0 Å².